The maximum Gasteiger partial charge on any atom is 0.312 e. The quantitative estimate of drug-likeness (QED) is 0.253. The smallest absolute Gasteiger partial charge is 0.312 e. The van der Waals surface area contributed by atoms with E-state index < -0.39 is 23.7 Å². The molecule has 7 aliphatic carbocycles. The van der Waals surface area contributed by atoms with Gasteiger partial charge in [-0.1, -0.05) is 60.1 Å². The van der Waals surface area contributed by atoms with Crippen molar-refractivity contribution >= 4 is 5.97 Å². The standard InChI is InChI=1S/C43H68FNO3/c1-29-11-22-42(48,23-12-29)26-27-45-43-17-7-8-33(43)32-9-10-35-38(4)18-15-31(30-13-20-41(28-44,21-14-30)36(46)47)37(2,3)34(38)16-19-40(35,6)39(32,5)24-25-43/h13,15,29,32-35,45,48H,7-12,14,16-28H2,1-6H3,(H,46,47)/t29?,32?,33-,34?,35?,38?,39-,40?,41+,42?,43?/m1/s1. The van der Waals surface area contributed by atoms with Gasteiger partial charge in [-0.15, -0.1) is 0 Å². The van der Waals surface area contributed by atoms with Crippen LogP contribution >= 0.6 is 0 Å². The molecule has 5 heteroatoms. The Hall–Kier alpha value is -1.20. The Morgan fingerprint density at radius 2 is 1.58 bits per heavy atom. The molecular formula is C43H68FNO3. The molecule has 0 aromatic carbocycles. The summed E-state index contributed by atoms with van der Waals surface area (Å²) < 4.78 is 13.9. The highest BCUT2D eigenvalue weighted by molar-refractivity contribution is 5.75. The molecule has 0 aromatic rings. The molecule has 0 bridgehead atoms. The Morgan fingerprint density at radius 3 is 2.25 bits per heavy atom. The first-order valence-electron chi connectivity index (χ1n) is 20.3. The molecule has 0 aliphatic heterocycles. The number of allylic oxidation sites excluding steroid dienone is 4. The Kier molecular flexibility index (Phi) is 8.75. The van der Waals surface area contributed by atoms with Crippen LogP contribution < -0.4 is 5.32 Å². The second-order valence-electron chi connectivity index (χ2n) is 20.1. The first-order chi connectivity index (χ1) is 22.6. The third-order valence-corrected chi connectivity index (χ3v) is 17.9. The van der Waals surface area contributed by atoms with Gasteiger partial charge in [-0.3, -0.25) is 4.79 Å². The topological polar surface area (TPSA) is 69.6 Å². The first kappa shape index (κ1) is 35.2. The fourth-order valence-electron chi connectivity index (χ4n) is 14.6. The molecule has 7 aliphatic rings. The summed E-state index contributed by atoms with van der Waals surface area (Å²) in [5.41, 5.74) is 2.26. The summed E-state index contributed by atoms with van der Waals surface area (Å²) in [5.74, 6) is 2.62. The van der Waals surface area contributed by atoms with Crippen LogP contribution in [0.2, 0.25) is 0 Å². The van der Waals surface area contributed by atoms with Crippen molar-refractivity contribution in [2.75, 3.05) is 13.2 Å². The van der Waals surface area contributed by atoms with Crippen molar-refractivity contribution in [1.82, 2.24) is 5.32 Å². The Balaban J connectivity index is 1.10. The highest BCUT2D eigenvalue weighted by atomic mass is 19.1. The SMILES string of the molecule is CC1CCC(O)(CCNC23CCC[C@@H]2C2CCC4C5(C)CC=C(C6=CC[C@](CF)(C(=O)O)CC6)C(C)(C)C5CCC4(C)[C@]2(C)CC3)CC1. The van der Waals surface area contributed by atoms with Crippen molar-refractivity contribution in [1.29, 1.82) is 0 Å². The molecule has 5 saturated carbocycles. The van der Waals surface area contributed by atoms with E-state index in [9.17, 15) is 19.4 Å². The van der Waals surface area contributed by atoms with Gasteiger partial charge in [0.25, 0.3) is 0 Å². The summed E-state index contributed by atoms with van der Waals surface area (Å²) in [6, 6.07) is 0. The highest BCUT2D eigenvalue weighted by Crippen LogP contribution is 2.76. The van der Waals surface area contributed by atoms with Gasteiger partial charge < -0.3 is 15.5 Å². The highest BCUT2D eigenvalue weighted by Gasteiger charge is 2.69. The molecule has 6 unspecified atom stereocenters. The fourth-order valence-corrected chi connectivity index (χ4v) is 14.6. The van der Waals surface area contributed by atoms with Gasteiger partial charge in [0.15, 0.2) is 0 Å². The number of hydrogen-bond donors (Lipinski definition) is 3. The number of rotatable bonds is 7. The zero-order chi connectivity index (χ0) is 34.4. The summed E-state index contributed by atoms with van der Waals surface area (Å²) in [4.78, 5) is 11.9. The number of aliphatic hydroxyl groups is 1. The van der Waals surface area contributed by atoms with E-state index in [1.807, 2.05) is 0 Å². The van der Waals surface area contributed by atoms with Crippen molar-refractivity contribution in [3.05, 3.63) is 23.3 Å². The molecule has 0 amide bonds. The van der Waals surface area contributed by atoms with Gasteiger partial charge in [0, 0.05) is 5.54 Å². The predicted octanol–water partition coefficient (Wildman–Crippen LogP) is 10.2. The van der Waals surface area contributed by atoms with Crippen LogP contribution in [0, 0.1) is 56.7 Å². The van der Waals surface area contributed by atoms with Gasteiger partial charge in [0.1, 0.15) is 6.67 Å². The van der Waals surface area contributed by atoms with E-state index in [-0.39, 0.29) is 16.4 Å². The molecule has 7 rings (SSSR count). The fraction of sp³-hybridized carbons (Fsp3) is 0.884. The van der Waals surface area contributed by atoms with E-state index in [1.54, 1.807) is 0 Å². The van der Waals surface area contributed by atoms with Crippen LogP contribution in [-0.4, -0.2) is 40.5 Å². The minimum absolute atomic E-state index is 0.0222. The molecule has 0 aromatic heterocycles. The summed E-state index contributed by atoms with van der Waals surface area (Å²) in [6.07, 6.45) is 24.3. The van der Waals surface area contributed by atoms with Gasteiger partial charge in [-0.25, -0.2) is 4.39 Å². The van der Waals surface area contributed by atoms with Crippen LogP contribution in [0.3, 0.4) is 0 Å². The Morgan fingerprint density at radius 1 is 0.833 bits per heavy atom. The van der Waals surface area contributed by atoms with E-state index in [4.69, 9.17) is 0 Å². The van der Waals surface area contributed by atoms with Crippen LogP contribution in [0.25, 0.3) is 0 Å². The molecule has 0 radical (unpaired) electrons. The van der Waals surface area contributed by atoms with Crippen molar-refractivity contribution in [2.24, 2.45) is 56.7 Å². The lowest BCUT2D eigenvalue weighted by Crippen LogP contribution is -2.67. The van der Waals surface area contributed by atoms with Crippen LogP contribution in [0.5, 0.6) is 0 Å². The van der Waals surface area contributed by atoms with Crippen LogP contribution in [0.1, 0.15) is 157 Å². The maximum atomic E-state index is 13.9. The zero-order valence-electron chi connectivity index (χ0n) is 31.4. The Labute approximate surface area is 291 Å². The average Bonchev–Trinajstić information content (AvgIpc) is 3.47. The number of aliphatic carboxylic acids is 1. The van der Waals surface area contributed by atoms with E-state index >= 15 is 0 Å². The molecular weight excluding hydrogens is 597 g/mol. The number of halogens is 1. The zero-order valence-corrected chi connectivity index (χ0v) is 31.4. The summed E-state index contributed by atoms with van der Waals surface area (Å²) >= 11 is 0. The molecule has 0 saturated heterocycles. The molecule has 9 atom stereocenters. The van der Waals surface area contributed by atoms with Crippen LogP contribution in [0.4, 0.5) is 4.39 Å². The van der Waals surface area contributed by atoms with Crippen molar-refractivity contribution in [3.8, 4) is 0 Å². The van der Waals surface area contributed by atoms with E-state index in [1.165, 1.54) is 81.8 Å². The first-order valence-corrected chi connectivity index (χ1v) is 20.3. The number of carbonyl (C=O) groups is 1. The maximum absolute atomic E-state index is 13.9. The normalized spacial score (nSPS) is 49.9. The van der Waals surface area contributed by atoms with Crippen LogP contribution in [0.15, 0.2) is 23.3 Å². The molecule has 48 heavy (non-hydrogen) atoms. The Bertz CT molecular complexity index is 1330. The lowest BCUT2D eigenvalue weighted by atomic mass is 9.33. The van der Waals surface area contributed by atoms with E-state index in [2.05, 4.69) is 59.0 Å². The average molecular weight is 666 g/mol. The second-order valence-corrected chi connectivity index (χ2v) is 20.1. The summed E-state index contributed by atoms with van der Waals surface area (Å²) in [5, 5.41) is 25.4. The number of fused-ring (bicyclic) bond motifs is 7. The number of alkyl halides is 1. The number of carboxylic acid groups (broad SMARTS) is 1. The van der Waals surface area contributed by atoms with Gasteiger partial charge in [-0.2, -0.15) is 0 Å². The molecule has 0 spiro atoms. The van der Waals surface area contributed by atoms with Crippen molar-refractivity contribution in [2.45, 2.75) is 168 Å². The monoisotopic (exact) mass is 666 g/mol. The molecule has 270 valence electrons. The molecule has 0 heterocycles. The number of carboxylic acids is 1. The predicted molar refractivity (Wildman–Crippen MR) is 192 cm³/mol. The molecule has 3 N–H and O–H groups in total. The largest absolute Gasteiger partial charge is 0.481 e. The van der Waals surface area contributed by atoms with E-state index in [0.29, 0.717) is 41.9 Å². The summed E-state index contributed by atoms with van der Waals surface area (Å²) in [6.45, 7) is 15.6. The van der Waals surface area contributed by atoms with Crippen LogP contribution in [-0.2, 0) is 4.79 Å². The van der Waals surface area contributed by atoms with Crippen molar-refractivity contribution in [3.63, 3.8) is 0 Å². The lowest BCUT2D eigenvalue weighted by Gasteiger charge is -2.72. The summed E-state index contributed by atoms with van der Waals surface area (Å²) in [7, 11) is 0. The number of hydrogen-bond acceptors (Lipinski definition) is 3. The molecule has 4 nitrogen and oxygen atoms in total. The third-order valence-electron chi connectivity index (χ3n) is 17.9. The minimum Gasteiger partial charge on any atom is -0.481 e. The minimum atomic E-state index is -1.24. The van der Waals surface area contributed by atoms with Gasteiger partial charge in [0.2, 0.25) is 0 Å². The lowest BCUT2D eigenvalue weighted by molar-refractivity contribution is -0.218. The van der Waals surface area contributed by atoms with E-state index in [0.717, 1.165) is 50.0 Å². The van der Waals surface area contributed by atoms with Gasteiger partial charge in [0.05, 0.1) is 11.0 Å². The van der Waals surface area contributed by atoms with Crippen molar-refractivity contribution < 1.29 is 19.4 Å². The molecule has 5 fully saturated rings. The van der Waals surface area contributed by atoms with Gasteiger partial charge >= 0.3 is 5.97 Å². The second kappa shape index (κ2) is 11.9. The number of nitrogens with one attached hydrogen (secondary N) is 1. The third kappa shape index (κ3) is 5.10. The van der Waals surface area contributed by atoms with Gasteiger partial charge in [-0.05, 0) is 178 Å².